The van der Waals surface area contributed by atoms with Crippen molar-refractivity contribution in [3.05, 3.63) is 71.8 Å². The molecular weight excluding hydrogens is 270 g/mol. The molecule has 2 aromatic rings. The zero-order valence-electron chi connectivity index (χ0n) is 13.2. The maximum atomic E-state index is 11.1. The van der Waals surface area contributed by atoms with E-state index in [9.17, 15) is 5.11 Å². The molecule has 3 atom stereocenters. The zero-order chi connectivity index (χ0) is 15.4. The largest absolute Gasteiger partial charge is 0.386 e. The molecule has 0 spiro atoms. The van der Waals surface area contributed by atoms with E-state index in [1.54, 1.807) is 0 Å². The predicted molar refractivity (Wildman–Crippen MR) is 90.6 cm³/mol. The number of hydrogen-bond acceptors (Lipinski definition) is 2. The van der Waals surface area contributed by atoms with Crippen molar-refractivity contribution in [1.29, 1.82) is 0 Å². The van der Waals surface area contributed by atoms with Crippen molar-refractivity contribution < 1.29 is 5.11 Å². The molecule has 0 bridgehead atoms. The van der Waals surface area contributed by atoms with Crippen LogP contribution >= 0.6 is 0 Å². The maximum Gasteiger partial charge on any atom is 0.0986 e. The summed E-state index contributed by atoms with van der Waals surface area (Å²) in [5.74, 6) is 0. The highest BCUT2D eigenvalue weighted by Gasteiger charge is 2.32. The minimum absolute atomic E-state index is 0.0268. The summed E-state index contributed by atoms with van der Waals surface area (Å²) in [6, 6.07) is 21.0. The lowest BCUT2D eigenvalue weighted by atomic mass is 9.90. The van der Waals surface area contributed by atoms with Gasteiger partial charge in [0, 0.05) is 6.04 Å². The lowest BCUT2D eigenvalue weighted by Gasteiger charge is -2.42. The van der Waals surface area contributed by atoms with Crippen LogP contribution < -0.4 is 0 Å². The third-order valence-corrected chi connectivity index (χ3v) is 4.79. The zero-order valence-corrected chi connectivity index (χ0v) is 13.2. The number of likely N-dealkylation sites (tertiary alicyclic amines) is 1. The molecular formula is C20H25NO. The van der Waals surface area contributed by atoms with Gasteiger partial charge in [-0.3, -0.25) is 4.90 Å². The number of rotatable bonds is 4. The minimum atomic E-state index is -0.496. The number of nitrogens with zero attached hydrogens (tertiary/aromatic N) is 1. The Bertz CT molecular complexity index is 569. The molecule has 1 N–H and O–H groups in total. The second kappa shape index (κ2) is 7.08. The monoisotopic (exact) mass is 295 g/mol. The van der Waals surface area contributed by atoms with Crippen LogP contribution in [0.3, 0.4) is 0 Å². The second-order valence-electron chi connectivity index (χ2n) is 6.29. The predicted octanol–water partition coefficient (Wildman–Crippen LogP) is 4.34. The first-order valence-corrected chi connectivity index (χ1v) is 8.31. The number of aliphatic hydroxyl groups excluding tert-OH is 1. The molecule has 3 unspecified atom stereocenters. The smallest absolute Gasteiger partial charge is 0.0986 e. The van der Waals surface area contributed by atoms with Crippen molar-refractivity contribution in [1.82, 2.24) is 4.90 Å². The standard InChI is InChI=1S/C20H25NO/c1-16-10-8-9-15-21(16)19(17-11-4-2-5-12-17)20(22)18-13-6-3-7-14-18/h2-7,11-14,16,19-20,22H,8-10,15H2,1H3. The van der Waals surface area contributed by atoms with Crippen LogP contribution in [0, 0.1) is 0 Å². The SMILES string of the molecule is CC1CCCCN1C(c1ccccc1)C(O)c1ccccc1. The molecule has 0 saturated carbocycles. The number of hydrogen-bond donors (Lipinski definition) is 1. The van der Waals surface area contributed by atoms with E-state index < -0.39 is 6.10 Å². The van der Waals surface area contributed by atoms with Crippen molar-refractivity contribution in [3.63, 3.8) is 0 Å². The van der Waals surface area contributed by atoms with Crippen molar-refractivity contribution in [3.8, 4) is 0 Å². The highest BCUT2D eigenvalue weighted by atomic mass is 16.3. The Morgan fingerprint density at radius 2 is 1.50 bits per heavy atom. The first-order valence-electron chi connectivity index (χ1n) is 8.31. The lowest BCUT2D eigenvalue weighted by Crippen LogP contribution is -2.42. The van der Waals surface area contributed by atoms with Crippen molar-refractivity contribution in [2.45, 2.75) is 44.4 Å². The van der Waals surface area contributed by atoms with E-state index in [4.69, 9.17) is 0 Å². The van der Waals surface area contributed by atoms with Crippen LogP contribution in [-0.4, -0.2) is 22.6 Å². The molecule has 1 heterocycles. The Balaban J connectivity index is 1.96. The summed E-state index contributed by atoms with van der Waals surface area (Å²) in [4.78, 5) is 2.48. The fourth-order valence-electron chi connectivity index (χ4n) is 3.57. The van der Waals surface area contributed by atoms with Crippen LogP contribution in [0.2, 0.25) is 0 Å². The summed E-state index contributed by atoms with van der Waals surface area (Å²) in [6.07, 6.45) is 3.23. The van der Waals surface area contributed by atoms with Gasteiger partial charge >= 0.3 is 0 Å². The van der Waals surface area contributed by atoms with Gasteiger partial charge in [-0.25, -0.2) is 0 Å². The molecule has 3 rings (SSSR count). The van der Waals surface area contributed by atoms with Gasteiger partial charge in [0.25, 0.3) is 0 Å². The molecule has 2 nitrogen and oxygen atoms in total. The first kappa shape index (κ1) is 15.3. The third-order valence-electron chi connectivity index (χ3n) is 4.79. The van der Waals surface area contributed by atoms with Crippen molar-refractivity contribution in [2.75, 3.05) is 6.54 Å². The fourth-order valence-corrected chi connectivity index (χ4v) is 3.57. The van der Waals surface area contributed by atoms with Crippen LogP contribution in [0.25, 0.3) is 0 Å². The van der Waals surface area contributed by atoms with Gasteiger partial charge in [-0.05, 0) is 37.4 Å². The van der Waals surface area contributed by atoms with E-state index in [1.165, 1.54) is 24.8 Å². The number of aliphatic hydroxyl groups is 1. The molecule has 1 saturated heterocycles. The minimum Gasteiger partial charge on any atom is -0.386 e. The topological polar surface area (TPSA) is 23.5 Å². The van der Waals surface area contributed by atoms with E-state index in [1.807, 2.05) is 36.4 Å². The van der Waals surface area contributed by atoms with Gasteiger partial charge in [-0.15, -0.1) is 0 Å². The van der Waals surface area contributed by atoms with Gasteiger partial charge in [0.1, 0.15) is 0 Å². The fraction of sp³-hybridized carbons (Fsp3) is 0.400. The Morgan fingerprint density at radius 1 is 0.909 bits per heavy atom. The van der Waals surface area contributed by atoms with Gasteiger partial charge in [0.05, 0.1) is 12.1 Å². The summed E-state index contributed by atoms with van der Waals surface area (Å²) in [6.45, 7) is 3.34. The van der Waals surface area contributed by atoms with Gasteiger partial charge < -0.3 is 5.11 Å². The van der Waals surface area contributed by atoms with Crippen LogP contribution in [0.15, 0.2) is 60.7 Å². The summed E-state index contributed by atoms with van der Waals surface area (Å²) in [5.41, 5.74) is 2.20. The average Bonchev–Trinajstić information content (AvgIpc) is 2.58. The molecule has 0 radical (unpaired) electrons. The van der Waals surface area contributed by atoms with Gasteiger partial charge in [-0.1, -0.05) is 67.1 Å². The molecule has 22 heavy (non-hydrogen) atoms. The van der Waals surface area contributed by atoms with Crippen molar-refractivity contribution in [2.24, 2.45) is 0 Å². The Morgan fingerprint density at radius 3 is 2.09 bits per heavy atom. The molecule has 1 aliphatic rings. The van der Waals surface area contributed by atoms with E-state index in [2.05, 4.69) is 36.1 Å². The summed E-state index contributed by atoms with van der Waals surface area (Å²) in [5, 5.41) is 11.1. The quantitative estimate of drug-likeness (QED) is 0.907. The summed E-state index contributed by atoms with van der Waals surface area (Å²) >= 11 is 0. The van der Waals surface area contributed by atoms with Crippen molar-refractivity contribution >= 4 is 0 Å². The van der Waals surface area contributed by atoms with Gasteiger partial charge in [0.2, 0.25) is 0 Å². The molecule has 0 aromatic heterocycles. The molecule has 2 heteroatoms. The van der Waals surface area contributed by atoms with Gasteiger partial charge in [0.15, 0.2) is 0 Å². The first-order chi connectivity index (χ1) is 10.8. The molecule has 0 aliphatic carbocycles. The van der Waals surface area contributed by atoms with Crippen LogP contribution in [-0.2, 0) is 0 Å². The molecule has 116 valence electrons. The summed E-state index contributed by atoms with van der Waals surface area (Å²) < 4.78 is 0. The highest BCUT2D eigenvalue weighted by Crippen LogP contribution is 2.37. The average molecular weight is 295 g/mol. The lowest BCUT2D eigenvalue weighted by molar-refractivity contribution is 0.00998. The Hall–Kier alpha value is -1.64. The van der Waals surface area contributed by atoms with Gasteiger partial charge in [-0.2, -0.15) is 0 Å². The Kier molecular flexibility index (Phi) is 4.91. The second-order valence-corrected chi connectivity index (χ2v) is 6.29. The Labute approximate surface area is 133 Å². The molecule has 2 aromatic carbocycles. The van der Waals surface area contributed by atoms with E-state index in [0.29, 0.717) is 6.04 Å². The molecule has 1 aliphatic heterocycles. The normalized spacial score (nSPS) is 22.2. The summed E-state index contributed by atoms with van der Waals surface area (Å²) in [7, 11) is 0. The van der Waals surface area contributed by atoms with Crippen LogP contribution in [0.5, 0.6) is 0 Å². The number of piperidine rings is 1. The molecule has 0 amide bonds. The van der Waals surface area contributed by atoms with E-state index in [0.717, 1.165) is 12.1 Å². The molecule has 1 fully saturated rings. The third kappa shape index (κ3) is 3.23. The van der Waals surface area contributed by atoms with Crippen LogP contribution in [0.1, 0.15) is 49.5 Å². The van der Waals surface area contributed by atoms with E-state index in [-0.39, 0.29) is 6.04 Å². The van der Waals surface area contributed by atoms with E-state index >= 15 is 0 Å². The highest BCUT2D eigenvalue weighted by molar-refractivity contribution is 5.26. The maximum absolute atomic E-state index is 11.1. The number of benzene rings is 2. The van der Waals surface area contributed by atoms with Crippen LogP contribution in [0.4, 0.5) is 0 Å².